The smallest absolute Gasteiger partial charge is 0.155 e. The molecular formula is C21H24N2O2S. The van der Waals surface area contributed by atoms with Crippen LogP contribution in [-0.4, -0.2) is 47.3 Å². The molecule has 1 fully saturated rings. The molecule has 2 aliphatic rings. The van der Waals surface area contributed by atoms with E-state index in [2.05, 4.69) is 35.1 Å². The van der Waals surface area contributed by atoms with E-state index in [0.29, 0.717) is 24.5 Å². The maximum Gasteiger partial charge on any atom is 0.155 e. The Morgan fingerprint density at radius 2 is 2.31 bits per heavy atom. The minimum absolute atomic E-state index is 0.0131. The number of allylic oxidation sites excluding steroid dienone is 1. The van der Waals surface area contributed by atoms with Crippen molar-refractivity contribution in [2.24, 2.45) is 5.92 Å². The fourth-order valence-electron chi connectivity index (χ4n) is 4.73. The number of ether oxygens (including phenoxy) is 1. The number of likely N-dealkylation sites (N-methyl/N-ethyl adjacent to an activating group) is 1. The topological polar surface area (TPSA) is 45.3 Å². The zero-order chi connectivity index (χ0) is 18.3. The lowest BCUT2D eigenvalue weighted by Crippen LogP contribution is -2.48. The van der Waals surface area contributed by atoms with Crippen LogP contribution in [0.25, 0.3) is 10.9 Å². The molecule has 0 saturated carbocycles. The average molecular weight is 369 g/mol. The Kier molecular flexibility index (Phi) is 4.67. The van der Waals surface area contributed by atoms with Crippen LogP contribution in [0.2, 0.25) is 0 Å². The number of ketones is 1. The number of hydrogen-bond donors (Lipinski definition) is 1. The number of carbonyl (C=O) groups is 1. The lowest BCUT2D eigenvalue weighted by Gasteiger charge is -2.45. The van der Waals surface area contributed by atoms with E-state index in [4.69, 9.17) is 17.0 Å². The Bertz CT molecular complexity index is 886. The predicted molar refractivity (Wildman–Crippen MR) is 108 cm³/mol. The molecule has 0 radical (unpaired) electrons. The number of H-pyrrole nitrogens is 1. The maximum atomic E-state index is 11.0. The van der Waals surface area contributed by atoms with E-state index in [1.165, 1.54) is 41.3 Å². The lowest BCUT2D eigenvalue weighted by molar-refractivity contribution is -0.112. The third-order valence-corrected chi connectivity index (χ3v) is 6.05. The van der Waals surface area contributed by atoms with E-state index in [1.807, 2.05) is 0 Å². The molecule has 2 aromatic rings. The highest BCUT2D eigenvalue weighted by molar-refractivity contribution is 7.79. The van der Waals surface area contributed by atoms with E-state index in [9.17, 15) is 4.79 Å². The van der Waals surface area contributed by atoms with Crippen molar-refractivity contribution in [2.75, 3.05) is 20.2 Å². The van der Waals surface area contributed by atoms with Crippen molar-refractivity contribution in [3.05, 3.63) is 47.4 Å². The number of fused-ring (bicyclic) bond motifs is 2. The van der Waals surface area contributed by atoms with Crippen molar-refractivity contribution in [1.29, 1.82) is 0 Å². The van der Waals surface area contributed by atoms with Gasteiger partial charge in [0.15, 0.2) is 5.78 Å². The largest absolute Gasteiger partial charge is 0.501 e. The number of carbonyl (C=O) groups excluding carboxylic acids is 1. The van der Waals surface area contributed by atoms with Gasteiger partial charge in [0.05, 0.1) is 18.6 Å². The standard InChI is InChI=1S/C21H24N2O2S/c1-13(24)6-7-25-11-14-8-16-15-4-3-5-18-21(15)17(19(12-26)22-18)9-20(16)23(2)10-14/h3-7,12,14,16,20,22H,8-11H2,1-2H3/t14?,16?,20-/m1/s1. The molecule has 3 atom stereocenters. The first-order valence-electron chi connectivity index (χ1n) is 9.16. The summed E-state index contributed by atoms with van der Waals surface area (Å²) < 4.78 is 5.62. The first-order valence-corrected chi connectivity index (χ1v) is 9.63. The molecule has 26 heavy (non-hydrogen) atoms. The molecule has 0 amide bonds. The summed E-state index contributed by atoms with van der Waals surface area (Å²) in [5.74, 6) is 0.974. The van der Waals surface area contributed by atoms with E-state index in [0.717, 1.165) is 25.1 Å². The van der Waals surface area contributed by atoms with Crippen LogP contribution in [0.3, 0.4) is 0 Å². The minimum Gasteiger partial charge on any atom is -0.501 e. The molecule has 1 aliphatic carbocycles. The Morgan fingerprint density at radius 3 is 3.08 bits per heavy atom. The SMILES string of the molecule is CC(=O)C=COCC1CC2c3cccc4[nH]c(C=S)c(c34)C[C@H]2N(C)C1. The van der Waals surface area contributed by atoms with Crippen LogP contribution in [0, 0.1) is 5.92 Å². The molecule has 0 bridgehead atoms. The van der Waals surface area contributed by atoms with Crippen LogP contribution >= 0.6 is 12.2 Å². The van der Waals surface area contributed by atoms with Crippen LogP contribution in [0.4, 0.5) is 0 Å². The Hall–Kier alpha value is -1.98. The van der Waals surface area contributed by atoms with Gasteiger partial charge in [0.1, 0.15) is 0 Å². The van der Waals surface area contributed by atoms with Crippen molar-refractivity contribution in [1.82, 2.24) is 9.88 Å². The summed E-state index contributed by atoms with van der Waals surface area (Å²) in [5.41, 5.74) is 5.09. The summed E-state index contributed by atoms with van der Waals surface area (Å²) in [7, 11) is 2.21. The third kappa shape index (κ3) is 2.99. The second kappa shape index (κ2) is 6.97. The minimum atomic E-state index is 0.0131. The van der Waals surface area contributed by atoms with E-state index < -0.39 is 0 Å². The van der Waals surface area contributed by atoms with Gasteiger partial charge in [0.2, 0.25) is 0 Å². The van der Waals surface area contributed by atoms with Crippen LogP contribution < -0.4 is 0 Å². The number of benzene rings is 1. The number of rotatable bonds is 5. The van der Waals surface area contributed by atoms with Gasteiger partial charge in [-0.05, 0) is 44.0 Å². The van der Waals surface area contributed by atoms with Gasteiger partial charge in [-0.25, -0.2) is 0 Å². The normalized spacial score (nSPS) is 25.4. The highest BCUT2D eigenvalue weighted by atomic mass is 32.1. The van der Waals surface area contributed by atoms with Gasteiger partial charge < -0.3 is 14.6 Å². The summed E-state index contributed by atoms with van der Waals surface area (Å²) in [6.07, 6.45) is 5.17. The number of thiocarbonyl (C=S) groups is 1. The highest BCUT2D eigenvalue weighted by Gasteiger charge is 2.40. The third-order valence-electron chi connectivity index (χ3n) is 5.82. The second-order valence-electron chi connectivity index (χ2n) is 7.57. The first-order chi connectivity index (χ1) is 12.6. The Balaban J connectivity index is 1.62. The number of piperidine rings is 1. The molecule has 4 rings (SSSR count). The van der Waals surface area contributed by atoms with Crippen LogP contribution in [-0.2, 0) is 16.0 Å². The van der Waals surface area contributed by atoms with Crippen molar-refractivity contribution in [2.45, 2.75) is 31.7 Å². The second-order valence-corrected chi connectivity index (χ2v) is 7.81. The van der Waals surface area contributed by atoms with Gasteiger partial charge >= 0.3 is 0 Å². The molecule has 5 heteroatoms. The summed E-state index contributed by atoms with van der Waals surface area (Å²) in [6, 6.07) is 7.06. The quantitative estimate of drug-likeness (QED) is 0.498. The van der Waals surface area contributed by atoms with Gasteiger partial charge in [-0.2, -0.15) is 0 Å². The number of likely N-dealkylation sites (tertiary alicyclic amines) is 1. The fourth-order valence-corrected chi connectivity index (χ4v) is 4.93. The molecule has 1 N–H and O–H groups in total. The van der Waals surface area contributed by atoms with Gasteiger partial charge in [0, 0.05) is 46.8 Å². The predicted octanol–water partition coefficient (Wildman–Crippen LogP) is 3.60. The fraction of sp³-hybridized carbons (Fsp3) is 0.429. The van der Waals surface area contributed by atoms with Gasteiger partial charge in [-0.1, -0.05) is 24.4 Å². The van der Waals surface area contributed by atoms with Crippen molar-refractivity contribution < 1.29 is 9.53 Å². The number of nitrogens with one attached hydrogen (secondary N) is 1. The zero-order valence-corrected chi connectivity index (χ0v) is 16.0. The number of aromatic amines is 1. The highest BCUT2D eigenvalue weighted by Crippen LogP contribution is 2.45. The molecule has 136 valence electrons. The summed E-state index contributed by atoms with van der Waals surface area (Å²) in [5, 5.41) is 3.15. The van der Waals surface area contributed by atoms with Gasteiger partial charge in [0.25, 0.3) is 0 Å². The first kappa shape index (κ1) is 17.4. The van der Waals surface area contributed by atoms with Gasteiger partial charge in [-0.3, -0.25) is 4.79 Å². The molecular weight excluding hydrogens is 344 g/mol. The Labute approximate surface area is 159 Å². The monoisotopic (exact) mass is 368 g/mol. The van der Waals surface area contributed by atoms with Crippen molar-refractivity contribution in [3.63, 3.8) is 0 Å². The van der Waals surface area contributed by atoms with Gasteiger partial charge in [-0.15, -0.1) is 0 Å². The van der Waals surface area contributed by atoms with E-state index in [-0.39, 0.29) is 5.78 Å². The number of nitrogens with zero attached hydrogens (tertiary/aromatic N) is 1. The molecule has 2 unspecified atom stereocenters. The molecule has 2 heterocycles. The molecule has 4 nitrogen and oxygen atoms in total. The van der Waals surface area contributed by atoms with E-state index >= 15 is 0 Å². The molecule has 1 aromatic carbocycles. The van der Waals surface area contributed by atoms with Crippen LogP contribution in [0.5, 0.6) is 0 Å². The molecule has 1 aromatic heterocycles. The summed E-state index contributed by atoms with van der Waals surface area (Å²) >= 11 is 5.24. The molecule has 0 spiro atoms. The average Bonchev–Trinajstić information content (AvgIpc) is 2.99. The number of aromatic nitrogens is 1. The van der Waals surface area contributed by atoms with Crippen molar-refractivity contribution >= 4 is 34.3 Å². The summed E-state index contributed by atoms with van der Waals surface area (Å²) in [6.45, 7) is 3.20. The zero-order valence-electron chi connectivity index (χ0n) is 15.2. The van der Waals surface area contributed by atoms with Crippen LogP contribution in [0.1, 0.15) is 36.1 Å². The molecule has 1 aliphatic heterocycles. The van der Waals surface area contributed by atoms with E-state index in [1.54, 1.807) is 5.37 Å². The summed E-state index contributed by atoms with van der Waals surface area (Å²) in [4.78, 5) is 17.0. The van der Waals surface area contributed by atoms with Crippen molar-refractivity contribution in [3.8, 4) is 0 Å². The van der Waals surface area contributed by atoms with Crippen LogP contribution in [0.15, 0.2) is 30.5 Å². The lowest BCUT2D eigenvalue weighted by atomic mass is 9.72. The maximum absolute atomic E-state index is 11.0. The Morgan fingerprint density at radius 1 is 1.46 bits per heavy atom. The molecule has 1 saturated heterocycles. The number of hydrogen-bond acceptors (Lipinski definition) is 4.